The molecule has 0 amide bonds. The number of benzene rings is 4. The molecule has 0 unspecified atom stereocenters. The van der Waals surface area contributed by atoms with Gasteiger partial charge in [0.25, 0.3) is 0 Å². The van der Waals surface area contributed by atoms with Gasteiger partial charge in [-0.2, -0.15) is 0 Å². The Morgan fingerprint density at radius 2 is 1.43 bits per heavy atom. The second kappa shape index (κ2) is 9.94. The first-order chi connectivity index (χ1) is 17.1. The zero-order valence-electron chi connectivity index (χ0n) is 19.8. The van der Waals surface area contributed by atoms with E-state index in [1.807, 2.05) is 60.7 Å². The van der Waals surface area contributed by atoms with Crippen LogP contribution in [-0.4, -0.2) is 47.4 Å². The highest BCUT2D eigenvalue weighted by molar-refractivity contribution is 6.10. The number of esters is 1. The van der Waals surface area contributed by atoms with Crippen LogP contribution in [0, 0.1) is 0 Å². The minimum absolute atomic E-state index is 0.0107. The van der Waals surface area contributed by atoms with Crippen molar-refractivity contribution in [2.45, 2.75) is 26.5 Å². The number of carbonyl (C=O) groups is 1. The Hall–Kier alpha value is -3.61. The van der Waals surface area contributed by atoms with Gasteiger partial charge in [-0.1, -0.05) is 55.5 Å². The zero-order valence-corrected chi connectivity index (χ0v) is 19.8. The number of hydrogen-bond donors (Lipinski definition) is 2. The number of rotatable bonds is 6. The predicted octanol–water partition coefficient (Wildman–Crippen LogP) is 5.36. The molecular formula is C29H29NO5. The molecule has 180 valence electrons. The lowest BCUT2D eigenvalue weighted by Crippen LogP contribution is -2.35. The summed E-state index contributed by atoms with van der Waals surface area (Å²) in [6.45, 7) is 5.22. The molecule has 2 N–H and O–H groups in total. The van der Waals surface area contributed by atoms with E-state index >= 15 is 0 Å². The normalized spacial score (nSPS) is 14.4. The van der Waals surface area contributed by atoms with Crippen LogP contribution in [0.2, 0.25) is 0 Å². The number of hydrogen-bond acceptors (Lipinski definition) is 6. The SMILES string of the molecule is CCC(=O)OCc1cc2ccccc2c(-c2c(O)c(CN3CCOCC3)cc3ccccc23)c1O. The van der Waals surface area contributed by atoms with Gasteiger partial charge in [-0.05, 0) is 33.7 Å². The molecule has 0 bridgehead atoms. The van der Waals surface area contributed by atoms with Crippen molar-refractivity contribution < 1.29 is 24.5 Å². The second-order valence-electron chi connectivity index (χ2n) is 8.86. The molecule has 5 rings (SSSR count). The van der Waals surface area contributed by atoms with E-state index in [-0.39, 0.29) is 30.5 Å². The Morgan fingerprint density at radius 1 is 0.886 bits per heavy atom. The van der Waals surface area contributed by atoms with Crippen molar-refractivity contribution in [2.75, 3.05) is 26.3 Å². The average Bonchev–Trinajstić information content (AvgIpc) is 2.89. The molecule has 6 nitrogen and oxygen atoms in total. The van der Waals surface area contributed by atoms with Crippen LogP contribution in [0.25, 0.3) is 32.7 Å². The van der Waals surface area contributed by atoms with Gasteiger partial charge in [0, 0.05) is 48.3 Å². The number of carbonyl (C=O) groups excluding carboxylic acids is 1. The first-order valence-corrected chi connectivity index (χ1v) is 12.0. The molecule has 1 fully saturated rings. The number of phenolic OH excluding ortho intramolecular Hbond substituents is 2. The molecular weight excluding hydrogens is 442 g/mol. The van der Waals surface area contributed by atoms with E-state index in [4.69, 9.17) is 9.47 Å². The summed E-state index contributed by atoms with van der Waals surface area (Å²) in [5.74, 6) is -0.171. The minimum Gasteiger partial charge on any atom is -0.507 e. The van der Waals surface area contributed by atoms with Gasteiger partial charge in [0.05, 0.1) is 13.2 Å². The topological polar surface area (TPSA) is 79.2 Å². The number of nitrogens with zero attached hydrogens (tertiary/aromatic N) is 1. The molecule has 1 aliphatic heterocycles. The van der Waals surface area contributed by atoms with E-state index in [9.17, 15) is 15.0 Å². The second-order valence-corrected chi connectivity index (χ2v) is 8.86. The molecule has 0 spiro atoms. The quantitative estimate of drug-likeness (QED) is 0.369. The molecule has 4 aromatic carbocycles. The molecule has 0 aliphatic carbocycles. The lowest BCUT2D eigenvalue weighted by molar-refractivity contribution is -0.144. The van der Waals surface area contributed by atoms with Crippen LogP contribution in [0.1, 0.15) is 24.5 Å². The Labute approximate surface area is 204 Å². The van der Waals surface area contributed by atoms with Crippen LogP contribution < -0.4 is 0 Å². The minimum atomic E-state index is -0.333. The molecule has 0 saturated carbocycles. The van der Waals surface area contributed by atoms with Gasteiger partial charge in [-0.3, -0.25) is 9.69 Å². The van der Waals surface area contributed by atoms with Gasteiger partial charge in [0.2, 0.25) is 0 Å². The molecule has 1 heterocycles. The van der Waals surface area contributed by atoms with E-state index in [2.05, 4.69) is 4.90 Å². The van der Waals surface area contributed by atoms with Crippen LogP contribution in [0.3, 0.4) is 0 Å². The van der Waals surface area contributed by atoms with Gasteiger partial charge in [-0.15, -0.1) is 0 Å². The van der Waals surface area contributed by atoms with Gasteiger partial charge >= 0.3 is 5.97 Å². The molecule has 0 atom stereocenters. The Balaban J connectivity index is 1.73. The van der Waals surface area contributed by atoms with E-state index in [1.165, 1.54) is 0 Å². The van der Waals surface area contributed by atoms with Crippen LogP contribution in [0.5, 0.6) is 11.5 Å². The fourth-order valence-corrected chi connectivity index (χ4v) is 4.79. The van der Waals surface area contributed by atoms with Crippen molar-refractivity contribution in [1.29, 1.82) is 0 Å². The lowest BCUT2D eigenvalue weighted by Gasteiger charge is -2.27. The van der Waals surface area contributed by atoms with Crippen LogP contribution >= 0.6 is 0 Å². The smallest absolute Gasteiger partial charge is 0.305 e. The molecule has 0 radical (unpaired) electrons. The highest BCUT2D eigenvalue weighted by Gasteiger charge is 2.23. The Bertz CT molecular complexity index is 1390. The summed E-state index contributed by atoms with van der Waals surface area (Å²) in [4.78, 5) is 14.1. The van der Waals surface area contributed by atoms with Crippen molar-refractivity contribution in [1.82, 2.24) is 4.90 Å². The molecule has 1 aliphatic rings. The average molecular weight is 472 g/mol. The predicted molar refractivity (Wildman–Crippen MR) is 136 cm³/mol. The van der Waals surface area contributed by atoms with Crippen molar-refractivity contribution in [3.05, 3.63) is 71.8 Å². The summed E-state index contributed by atoms with van der Waals surface area (Å²) >= 11 is 0. The number of morpholine rings is 1. The summed E-state index contributed by atoms with van der Waals surface area (Å²) in [6.07, 6.45) is 0.260. The van der Waals surface area contributed by atoms with E-state index in [0.717, 1.165) is 40.2 Å². The number of ether oxygens (including phenoxy) is 2. The maximum atomic E-state index is 11.8. The van der Waals surface area contributed by atoms with Crippen LogP contribution in [0.4, 0.5) is 0 Å². The molecule has 35 heavy (non-hydrogen) atoms. The van der Waals surface area contributed by atoms with Crippen LogP contribution in [-0.2, 0) is 27.4 Å². The third-order valence-electron chi connectivity index (χ3n) is 6.63. The van der Waals surface area contributed by atoms with E-state index < -0.39 is 0 Å². The van der Waals surface area contributed by atoms with Crippen molar-refractivity contribution >= 4 is 27.5 Å². The summed E-state index contributed by atoms with van der Waals surface area (Å²) in [7, 11) is 0. The van der Waals surface area contributed by atoms with Gasteiger partial charge in [0.1, 0.15) is 18.1 Å². The van der Waals surface area contributed by atoms with Crippen molar-refractivity contribution in [3.63, 3.8) is 0 Å². The fourth-order valence-electron chi connectivity index (χ4n) is 4.79. The first-order valence-electron chi connectivity index (χ1n) is 12.0. The molecule has 0 aromatic heterocycles. The summed E-state index contributed by atoms with van der Waals surface area (Å²) in [5.41, 5.74) is 2.43. The van der Waals surface area contributed by atoms with Crippen molar-refractivity contribution in [3.8, 4) is 22.6 Å². The highest BCUT2D eigenvalue weighted by Crippen LogP contribution is 2.47. The molecule has 1 saturated heterocycles. The Morgan fingerprint density at radius 3 is 2.03 bits per heavy atom. The maximum absolute atomic E-state index is 11.8. The monoisotopic (exact) mass is 471 g/mol. The third-order valence-corrected chi connectivity index (χ3v) is 6.63. The lowest BCUT2D eigenvalue weighted by atomic mass is 9.88. The summed E-state index contributed by atoms with van der Waals surface area (Å²) in [5, 5.41) is 26.7. The van der Waals surface area contributed by atoms with Crippen molar-refractivity contribution in [2.24, 2.45) is 0 Å². The van der Waals surface area contributed by atoms with Gasteiger partial charge in [0.15, 0.2) is 0 Å². The standard InChI is InChI=1S/C29H29NO5/c1-2-25(31)35-18-22-16-20-8-4-6-10-24(20)27(29(22)33)26-23-9-5-3-7-19(23)15-21(28(26)32)17-30-11-13-34-14-12-30/h3-10,15-16,32-33H,2,11-14,17-18H2,1H3. The zero-order chi connectivity index (χ0) is 24.4. The Kier molecular flexibility index (Phi) is 6.57. The fraction of sp³-hybridized carbons (Fsp3) is 0.276. The first kappa shape index (κ1) is 23.1. The maximum Gasteiger partial charge on any atom is 0.305 e. The molecule has 6 heteroatoms. The number of aromatic hydroxyl groups is 2. The highest BCUT2D eigenvalue weighted by atomic mass is 16.5. The summed E-state index contributed by atoms with van der Waals surface area (Å²) < 4.78 is 10.8. The van der Waals surface area contributed by atoms with Gasteiger partial charge in [-0.25, -0.2) is 0 Å². The number of phenols is 2. The third kappa shape index (κ3) is 4.55. The van der Waals surface area contributed by atoms with E-state index in [1.54, 1.807) is 6.92 Å². The van der Waals surface area contributed by atoms with Gasteiger partial charge < -0.3 is 19.7 Å². The van der Waals surface area contributed by atoms with E-state index in [0.29, 0.717) is 36.4 Å². The largest absolute Gasteiger partial charge is 0.507 e. The number of fused-ring (bicyclic) bond motifs is 2. The molecule has 4 aromatic rings. The summed E-state index contributed by atoms with van der Waals surface area (Å²) in [6, 6.07) is 19.5. The van der Waals surface area contributed by atoms with Crippen LogP contribution in [0.15, 0.2) is 60.7 Å².